The predicted molar refractivity (Wildman–Crippen MR) is 96.3 cm³/mol. The number of fused-ring (bicyclic) bond motifs is 2. The van der Waals surface area contributed by atoms with E-state index in [-0.39, 0.29) is 12.6 Å². The lowest BCUT2D eigenvalue weighted by Crippen LogP contribution is -2.16. The molecule has 4 rings (SSSR count). The van der Waals surface area contributed by atoms with Gasteiger partial charge < -0.3 is 13.9 Å². The molecule has 7 heteroatoms. The summed E-state index contributed by atoms with van der Waals surface area (Å²) in [6.45, 7) is 2.15. The van der Waals surface area contributed by atoms with Gasteiger partial charge in [-0.25, -0.2) is 5.43 Å². The summed E-state index contributed by atoms with van der Waals surface area (Å²) in [6.07, 6.45) is 1.56. The van der Waals surface area contributed by atoms with E-state index in [1.54, 1.807) is 18.3 Å². The van der Waals surface area contributed by atoms with Gasteiger partial charge in [-0.15, -0.1) is 0 Å². The first-order valence-electron chi connectivity index (χ1n) is 7.53. The molecule has 0 radical (unpaired) electrons. The highest BCUT2D eigenvalue weighted by atomic mass is 79.9. The SMILES string of the molecule is Cc1cc2c(cc1/C=N/NC(=O)c1cc3cc(Br)ccc3o1)OCO2. The average Bonchev–Trinajstić information content (AvgIpc) is 3.20. The van der Waals surface area contributed by atoms with Crippen LogP contribution in [0, 0.1) is 6.92 Å². The molecule has 2 aromatic carbocycles. The Bertz CT molecular complexity index is 1010. The minimum atomic E-state index is -0.415. The number of rotatable bonds is 3. The third kappa shape index (κ3) is 3.10. The smallest absolute Gasteiger partial charge is 0.307 e. The molecule has 1 amide bonds. The molecule has 0 spiro atoms. The normalized spacial score (nSPS) is 12.9. The van der Waals surface area contributed by atoms with Gasteiger partial charge in [0.1, 0.15) is 5.58 Å². The molecule has 1 aliphatic heterocycles. The zero-order chi connectivity index (χ0) is 17.4. The van der Waals surface area contributed by atoms with Crippen LogP contribution in [0.3, 0.4) is 0 Å². The van der Waals surface area contributed by atoms with Crippen LogP contribution < -0.4 is 14.9 Å². The number of nitrogens with one attached hydrogen (secondary N) is 1. The van der Waals surface area contributed by atoms with Gasteiger partial charge in [-0.05, 0) is 48.9 Å². The first-order chi connectivity index (χ1) is 12.1. The van der Waals surface area contributed by atoms with Crippen molar-refractivity contribution in [1.82, 2.24) is 5.43 Å². The molecular formula is C18H13BrN2O4. The molecule has 0 fully saturated rings. The van der Waals surface area contributed by atoms with Crippen LogP contribution in [-0.4, -0.2) is 18.9 Å². The second-order valence-corrected chi connectivity index (χ2v) is 6.47. The van der Waals surface area contributed by atoms with Gasteiger partial charge >= 0.3 is 5.91 Å². The standard InChI is InChI=1S/C18H13BrN2O4/c1-10-4-15-16(24-9-23-15)7-12(10)8-20-21-18(22)17-6-11-5-13(19)2-3-14(11)25-17/h2-8H,9H2,1H3,(H,21,22)/b20-8+. The number of halogens is 1. The Morgan fingerprint density at radius 2 is 2.00 bits per heavy atom. The number of hydrazone groups is 1. The largest absolute Gasteiger partial charge is 0.454 e. The lowest BCUT2D eigenvalue weighted by molar-refractivity contribution is 0.0929. The third-order valence-corrected chi connectivity index (χ3v) is 4.33. The number of nitrogens with zero attached hydrogens (tertiary/aromatic N) is 1. The summed E-state index contributed by atoms with van der Waals surface area (Å²) in [5.74, 6) is 1.17. The summed E-state index contributed by atoms with van der Waals surface area (Å²) in [6, 6.07) is 10.9. The van der Waals surface area contributed by atoms with Gasteiger partial charge in [0, 0.05) is 15.4 Å². The summed E-state index contributed by atoms with van der Waals surface area (Å²) in [5, 5.41) is 4.84. The molecule has 3 aromatic rings. The number of benzene rings is 2. The Hall–Kier alpha value is -2.80. The fourth-order valence-electron chi connectivity index (χ4n) is 2.54. The van der Waals surface area contributed by atoms with Crippen molar-refractivity contribution >= 4 is 39.0 Å². The van der Waals surface area contributed by atoms with Gasteiger partial charge in [-0.1, -0.05) is 15.9 Å². The molecule has 0 bridgehead atoms. The summed E-state index contributed by atoms with van der Waals surface area (Å²) >= 11 is 3.39. The van der Waals surface area contributed by atoms with E-state index in [0.29, 0.717) is 17.1 Å². The zero-order valence-corrected chi connectivity index (χ0v) is 14.8. The van der Waals surface area contributed by atoms with Gasteiger partial charge in [0.05, 0.1) is 6.21 Å². The fourth-order valence-corrected chi connectivity index (χ4v) is 2.92. The predicted octanol–water partition coefficient (Wildman–Crippen LogP) is 4.00. The second kappa shape index (κ2) is 6.25. The van der Waals surface area contributed by atoms with Crippen LogP contribution in [0.1, 0.15) is 21.7 Å². The van der Waals surface area contributed by atoms with E-state index in [4.69, 9.17) is 13.9 Å². The molecular weight excluding hydrogens is 388 g/mol. The molecule has 1 aliphatic rings. The van der Waals surface area contributed by atoms with Crippen LogP contribution in [0.25, 0.3) is 11.0 Å². The number of amides is 1. The third-order valence-electron chi connectivity index (χ3n) is 3.83. The van der Waals surface area contributed by atoms with E-state index in [1.807, 2.05) is 31.2 Å². The molecule has 0 atom stereocenters. The Labute approximate surface area is 151 Å². The highest BCUT2D eigenvalue weighted by molar-refractivity contribution is 9.10. The summed E-state index contributed by atoms with van der Waals surface area (Å²) < 4.78 is 17.1. The lowest BCUT2D eigenvalue weighted by atomic mass is 10.1. The summed E-state index contributed by atoms with van der Waals surface area (Å²) in [4.78, 5) is 12.2. The van der Waals surface area contributed by atoms with Crippen LogP contribution in [0.4, 0.5) is 0 Å². The molecule has 6 nitrogen and oxygen atoms in total. The Morgan fingerprint density at radius 1 is 1.20 bits per heavy atom. The Balaban J connectivity index is 1.50. The average molecular weight is 401 g/mol. The van der Waals surface area contributed by atoms with Crippen molar-refractivity contribution in [1.29, 1.82) is 0 Å². The van der Waals surface area contributed by atoms with Crippen molar-refractivity contribution in [3.05, 3.63) is 57.8 Å². The fraction of sp³-hybridized carbons (Fsp3) is 0.111. The highest BCUT2D eigenvalue weighted by Gasteiger charge is 2.15. The second-order valence-electron chi connectivity index (χ2n) is 5.55. The minimum absolute atomic E-state index is 0.202. The van der Waals surface area contributed by atoms with E-state index in [1.165, 1.54) is 0 Å². The van der Waals surface area contributed by atoms with E-state index in [2.05, 4.69) is 26.5 Å². The van der Waals surface area contributed by atoms with E-state index < -0.39 is 5.91 Å². The van der Waals surface area contributed by atoms with Crippen LogP contribution in [0.5, 0.6) is 11.5 Å². The number of aryl methyl sites for hydroxylation is 1. The quantitative estimate of drug-likeness (QED) is 0.532. The molecule has 25 heavy (non-hydrogen) atoms. The van der Waals surface area contributed by atoms with Crippen molar-refractivity contribution < 1.29 is 18.7 Å². The van der Waals surface area contributed by atoms with Gasteiger partial charge in [-0.2, -0.15) is 5.10 Å². The molecule has 0 saturated carbocycles. The van der Waals surface area contributed by atoms with Crippen LogP contribution in [0.15, 0.2) is 50.4 Å². The summed E-state index contributed by atoms with van der Waals surface area (Å²) in [7, 11) is 0. The molecule has 0 saturated heterocycles. The number of hydrogen-bond acceptors (Lipinski definition) is 5. The van der Waals surface area contributed by atoms with Crippen molar-refractivity contribution in [2.45, 2.75) is 6.92 Å². The first kappa shape index (κ1) is 15.7. The van der Waals surface area contributed by atoms with Crippen molar-refractivity contribution in [2.24, 2.45) is 5.10 Å². The number of carbonyl (C=O) groups is 1. The molecule has 0 unspecified atom stereocenters. The highest BCUT2D eigenvalue weighted by Crippen LogP contribution is 2.34. The van der Waals surface area contributed by atoms with Gasteiger partial charge in [0.15, 0.2) is 17.3 Å². The van der Waals surface area contributed by atoms with Gasteiger partial charge in [0.25, 0.3) is 0 Å². The summed E-state index contributed by atoms with van der Waals surface area (Å²) in [5.41, 5.74) is 4.91. The topological polar surface area (TPSA) is 73.1 Å². The van der Waals surface area contributed by atoms with E-state index in [0.717, 1.165) is 21.0 Å². The monoisotopic (exact) mass is 400 g/mol. The molecule has 1 aromatic heterocycles. The van der Waals surface area contributed by atoms with Crippen LogP contribution in [-0.2, 0) is 0 Å². The van der Waals surface area contributed by atoms with Crippen molar-refractivity contribution in [2.75, 3.05) is 6.79 Å². The van der Waals surface area contributed by atoms with Crippen LogP contribution in [0.2, 0.25) is 0 Å². The Morgan fingerprint density at radius 3 is 2.84 bits per heavy atom. The number of ether oxygens (including phenoxy) is 2. The maximum atomic E-state index is 12.2. The Kier molecular flexibility index (Phi) is 3.93. The molecule has 2 heterocycles. The number of furan rings is 1. The van der Waals surface area contributed by atoms with Gasteiger partial charge in [0.2, 0.25) is 6.79 Å². The molecule has 126 valence electrons. The number of hydrogen-bond donors (Lipinski definition) is 1. The van der Waals surface area contributed by atoms with Crippen LogP contribution >= 0.6 is 15.9 Å². The number of carbonyl (C=O) groups excluding carboxylic acids is 1. The van der Waals surface area contributed by atoms with Crippen molar-refractivity contribution in [3.8, 4) is 11.5 Å². The lowest BCUT2D eigenvalue weighted by Gasteiger charge is -2.02. The van der Waals surface area contributed by atoms with Crippen molar-refractivity contribution in [3.63, 3.8) is 0 Å². The maximum absolute atomic E-state index is 12.2. The molecule has 0 aliphatic carbocycles. The first-order valence-corrected chi connectivity index (χ1v) is 8.32. The minimum Gasteiger partial charge on any atom is -0.454 e. The molecule has 1 N–H and O–H groups in total. The maximum Gasteiger partial charge on any atom is 0.307 e. The van der Waals surface area contributed by atoms with E-state index in [9.17, 15) is 4.79 Å². The zero-order valence-electron chi connectivity index (χ0n) is 13.2. The van der Waals surface area contributed by atoms with E-state index >= 15 is 0 Å². The van der Waals surface area contributed by atoms with Gasteiger partial charge in [-0.3, -0.25) is 4.79 Å².